The predicted molar refractivity (Wildman–Crippen MR) is 98.7 cm³/mol. The summed E-state index contributed by atoms with van der Waals surface area (Å²) in [6.45, 7) is 3.62. The zero-order valence-electron chi connectivity index (χ0n) is 14.9. The second kappa shape index (κ2) is 8.01. The zero-order chi connectivity index (χ0) is 18.5. The molecule has 26 heavy (non-hydrogen) atoms. The standard InChI is InChI=1S/C20H22N2O4/c1-14-13-26-10-9-22(14)20(24)16-6-3-7-17(11-16)21-19(23)15-5-4-8-18(12-15)25-2/h3-8,11-12,14H,9-10,13H2,1-2H3,(H,21,23). The summed E-state index contributed by atoms with van der Waals surface area (Å²) in [4.78, 5) is 27.0. The number of anilines is 1. The fourth-order valence-electron chi connectivity index (χ4n) is 2.89. The fourth-order valence-corrected chi connectivity index (χ4v) is 2.89. The molecule has 0 aliphatic carbocycles. The fraction of sp³-hybridized carbons (Fsp3) is 0.300. The summed E-state index contributed by atoms with van der Waals surface area (Å²) in [5, 5.41) is 2.83. The van der Waals surface area contributed by atoms with E-state index in [0.717, 1.165) is 0 Å². The number of amides is 2. The van der Waals surface area contributed by atoms with Gasteiger partial charge in [-0.1, -0.05) is 12.1 Å². The Kier molecular flexibility index (Phi) is 5.53. The molecule has 2 amide bonds. The largest absolute Gasteiger partial charge is 0.497 e. The highest BCUT2D eigenvalue weighted by molar-refractivity contribution is 6.05. The van der Waals surface area contributed by atoms with Crippen molar-refractivity contribution in [3.8, 4) is 5.75 Å². The summed E-state index contributed by atoms with van der Waals surface area (Å²) < 4.78 is 10.5. The van der Waals surface area contributed by atoms with Crippen molar-refractivity contribution in [1.82, 2.24) is 4.90 Å². The van der Waals surface area contributed by atoms with Crippen molar-refractivity contribution in [1.29, 1.82) is 0 Å². The van der Waals surface area contributed by atoms with Gasteiger partial charge in [0.15, 0.2) is 0 Å². The minimum atomic E-state index is -0.256. The van der Waals surface area contributed by atoms with Gasteiger partial charge in [0, 0.05) is 23.4 Å². The lowest BCUT2D eigenvalue weighted by atomic mass is 10.1. The van der Waals surface area contributed by atoms with Crippen molar-refractivity contribution in [3.63, 3.8) is 0 Å². The van der Waals surface area contributed by atoms with Crippen molar-refractivity contribution >= 4 is 17.5 Å². The first-order chi connectivity index (χ1) is 12.6. The van der Waals surface area contributed by atoms with Crippen LogP contribution in [0.2, 0.25) is 0 Å². The number of carbonyl (C=O) groups is 2. The molecule has 1 unspecified atom stereocenters. The normalized spacial score (nSPS) is 16.8. The molecule has 2 aromatic rings. The van der Waals surface area contributed by atoms with E-state index in [4.69, 9.17) is 9.47 Å². The third kappa shape index (κ3) is 4.03. The predicted octanol–water partition coefficient (Wildman–Crippen LogP) is 2.81. The molecule has 1 aliphatic rings. The van der Waals surface area contributed by atoms with E-state index in [0.29, 0.717) is 42.3 Å². The van der Waals surface area contributed by atoms with Gasteiger partial charge in [-0.2, -0.15) is 0 Å². The highest BCUT2D eigenvalue weighted by Gasteiger charge is 2.24. The van der Waals surface area contributed by atoms with Gasteiger partial charge in [0.2, 0.25) is 0 Å². The first-order valence-electron chi connectivity index (χ1n) is 8.52. The summed E-state index contributed by atoms with van der Waals surface area (Å²) in [5.74, 6) is 0.300. The number of nitrogens with zero attached hydrogens (tertiary/aromatic N) is 1. The molecule has 0 bridgehead atoms. The van der Waals surface area contributed by atoms with E-state index in [2.05, 4.69) is 5.32 Å². The maximum atomic E-state index is 12.7. The van der Waals surface area contributed by atoms with E-state index >= 15 is 0 Å². The topological polar surface area (TPSA) is 67.9 Å². The minimum Gasteiger partial charge on any atom is -0.497 e. The van der Waals surface area contributed by atoms with Crippen LogP contribution in [0.1, 0.15) is 27.6 Å². The molecule has 0 aromatic heterocycles. The van der Waals surface area contributed by atoms with Crippen LogP contribution in [0.4, 0.5) is 5.69 Å². The van der Waals surface area contributed by atoms with Gasteiger partial charge in [0.05, 0.1) is 26.4 Å². The van der Waals surface area contributed by atoms with E-state index < -0.39 is 0 Å². The summed E-state index contributed by atoms with van der Waals surface area (Å²) in [6.07, 6.45) is 0. The van der Waals surface area contributed by atoms with E-state index in [-0.39, 0.29) is 17.9 Å². The Balaban J connectivity index is 1.74. The summed E-state index contributed by atoms with van der Waals surface area (Å²) in [6, 6.07) is 13.9. The lowest BCUT2D eigenvalue weighted by molar-refractivity contribution is 0.00359. The molecule has 6 heteroatoms. The van der Waals surface area contributed by atoms with Crippen LogP contribution < -0.4 is 10.1 Å². The number of carbonyl (C=O) groups excluding carboxylic acids is 2. The molecular formula is C20H22N2O4. The van der Waals surface area contributed by atoms with Gasteiger partial charge >= 0.3 is 0 Å². The number of morpholine rings is 1. The average Bonchev–Trinajstić information content (AvgIpc) is 2.68. The minimum absolute atomic E-state index is 0.0336. The molecule has 1 atom stereocenters. The van der Waals surface area contributed by atoms with Crippen molar-refractivity contribution in [3.05, 3.63) is 59.7 Å². The molecule has 0 saturated carbocycles. The average molecular weight is 354 g/mol. The Morgan fingerprint density at radius 2 is 1.92 bits per heavy atom. The van der Waals surface area contributed by atoms with Crippen molar-refractivity contribution in [2.75, 3.05) is 32.2 Å². The number of benzene rings is 2. The van der Waals surface area contributed by atoms with Crippen LogP contribution in [0.15, 0.2) is 48.5 Å². The SMILES string of the molecule is COc1cccc(C(=O)Nc2cccc(C(=O)N3CCOCC3C)c2)c1. The van der Waals surface area contributed by atoms with Crippen LogP contribution in [-0.2, 0) is 4.74 Å². The molecule has 1 heterocycles. The highest BCUT2D eigenvalue weighted by atomic mass is 16.5. The third-order valence-corrected chi connectivity index (χ3v) is 4.33. The number of nitrogens with one attached hydrogen (secondary N) is 1. The Hall–Kier alpha value is -2.86. The van der Waals surface area contributed by atoms with Crippen LogP contribution >= 0.6 is 0 Å². The Morgan fingerprint density at radius 1 is 1.15 bits per heavy atom. The highest BCUT2D eigenvalue weighted by Crippen LogP contribution is 2.18. The summed E-state index contributed by atoms with van der Waals surface area (Å²) in [5.41, 5.74) is 1.61. The molecule has 1 aliphatic heterocycles. The number of hydrogen-bond donors (Lipinski definition) is 1. The first-order valence-corrected chi connectivity index (χ1v) is 8.52. The monoisotopic (exact) mass is 354 g/mol. The van der Waals surface area contributed by atoms with Gasteiger partial charge < -0.3 is 19.7 Å². The Labute approximate surface area is 152 Å². The maximum Gasteiger partial charge on any atom is 0.255 e. The van der Waals surface area contributed by atoms with Crippen LogP contribution in [0.5, 0.6) is 5.75 Å². The first kappa shape index (κ1) is 17.9. The van der Waals surface area contributed by atoms with Crippen LogP contribution in [0.3, 0.4) is 0 Å². The third-order valence-electron chi connectivity index (χ3n) is 4.33. The van der Waals surface area contributed by atoms with Gasteiger partial charge in [-0.05, 0) is 43.3 Å². The maximum absolute atomic E-state index is 12.7. The summed E-state index contributed by atoms with van der Waals surface area (Å²) in [7, 11) is 1.55. The molecular weight excluding hydrogens is 332 g/mol. The van der Waals surface area contributed by atoms with Gasteiger partial charge in [-0.15, -0.1) is 0 Å². The van der Waals surface area contributed by atoms with E-state index in [1.54, 1.807) is 60.5 Å². The quantitative estimate of drug-likeness (QED) is 0.917. The number of methoxy groups -OCH3 is 1. The molecule has 1 saturated heterocycles. The van der Waals surface area contributed by atoms with Gasteiger partial charge in [-0.25, -0.2) is 0 Å². The van der Waals surface area contributed by atoms with Gasteiger partial charge in [-0.3, -0.25) is 9.59 Å². The molecule has 1 N–H and O–H groups in total. The Morgan fingerprint density at radius 3 is 2.69 bits per heavy atom. The van der Waals surface area contributed by atoms with E-state index in [1.165, 1.54) is 0 Å². The molecule has 0 spiro atoms. The van der Waals surface area contributed by atoms with Crippen molar-refractivity contribution < 1.29 is 19.1 Å². The smallest absolute Gasteiger partial charge is 0.255 e. The molecule has 6 nitrogen and oxygen atoms in total. The van der Waals surface area contributed by atoms with Gasteiger partial charge in [0.1, 0.15) is 5.75 Å². The number of ether oxygens (including phenoxy) is 2. The molecule has 0 radical (unpaired) electrons. The van der Waals surface area contributed by atoms with Gasteiger partial charge in [0.25, 0.3) is 11.8 Å². The van der Waals surface area contributed by atoms with Crippen molar-refractivity contribution in [2.45, 2.75) is 13.0 Å². The molecule has 2 aromatic carbocycles. The summed E-state index contributed by atoms with van der Waals surface area (Å²) >= 11 is 0. The van der Waals surface area contributed by atoms with E-state index in [9.17, 15) is 9.59 Å². The lowest BCUT2D eigenvalue weighted by Gasteiger charge is -2.33. The zero-order valence-corrected chi connectivity index (χ0v) is 14.9. The molecule has 3 rings (SSSR count). The lowest BCUT2D eigenvalue weighted by Crippen LogP contribution is -2.47. The molecule has 1 fully saturated rings. The van der Waals surface area contributed by atoms with E-state index in [1.807, 2.05) is 6.92 Å². The Bertz CT molecular complexity index is 806. The number of hydrogen-bond acceptors (Lipinski definition) is 4. The second-order valence-corrected chi connectivity index (χ2v) is 6.19. The number of rotatable bonds is 4. The van der Waals surface area contributed by atoms with Crippen LogP contribution in [-0.4, -0.2) is 49.6 Å². The van der Waals surface area contributed by atoms with Crippen LogP contribution in [0.25, 0.3) is 0 Å². The van der Waals surface area contributed by atoms with Crippen molar-refractivity contribution in [2.24, 2.45) is 0 Å². The van der Waals surface area contributed by atoms with Crippen LogP contribution in [0, 0.1) is 0 Å². The molecule has 136 valence electrons. The second-order valence-electron chi connectivity index (χ2n) is 6.19.